The molecule has 0 unspecified atom stereocenters. The lowest BCUT2D eigenvalue weighted by atomic mass is 10.1. The van der Waals surface area contributed by atoms with Crippen LogP contribution in [0.5, 0.6) is 0 Å². The first-order valence-electron chi connectivity index (χ1n) is 9.13. The first-order valence-corrected chi connectivity index (χ1v) is 9.13. The van der Waals surface area contributed by atoms with Crippen LogP contribution >= 0.6 is 0 Å². The molecule has 2 saturated heterocycles. The monoisotopic (exact) mass is 347 g/mol. The third kappa shape index (κ3) is 5.04. The summed E-state index contributed by atoms with van der Waals surface area (Å²) in [5, 5.41) is 0. The molecule has 3 rings (SSSR count). The summed E-state index contributed by atoms with van der Waals surface area (Å²) in [6, 6.07) is 1.84. The fourth-order valence-corrected chi connectivity index (χ4v) is 3.42. The summed E-state index contributed by atoms with van der Waals surface area (Å²) in [7, 11) is 0. The molecule has 7 heteroatoms. The average molecular weight is 347 g/mol. The molecule has 1 aromatic heterocycles. The molecule has 1 atom stereocenters. The van der Waals surface area contributed by atoms with Crippen molar-refractivity contribution in [2.24, 2.45) is 5.92 Å². The molecular weight excluding hydrogens is 318 g/mol. The minimum atomic E-state index is -0.426. The number of likely N-dealkylation sites (tertiary alicyclic amines) is 1. The van der Waals surface area contributed by atoms with Crippen LogP contribution in [0.15, 0.2) is 18.5 Å². The number of rotatable bonds is 3. The summed E-state index contributed by atoms with van der Waals surface area (Å²) < 4.78 is 5.48. The predicted molar refractivity (Wildman–Crippen MR) is 96.6 cm³/mol. The topological polar surface area (TPSA) is 61.8 Å². The maximum atomic E-state index is 12.2. The number of hydrogen-bond acceptors (Lipinski definition) is 6. The van der Waals surface area contributed by atoms with E-state index in [0.29, 0.717) is 5.92 Å². The van der Waals surface area contributed by atoms with E-state index in [1.54, 1.807) is 12.4 Å². The van der Waals surface area contributed by atoms with Gasteiger partial charge in [0, 0.05) is 58.2 Å². The largest absolute Gasteiger partial charge is 0.444 e. The molecule has 3 heterocycles. The van der Waals surface area contributed by atoms with Gasteiger partial charge in [-0.1, -0.05) is 0 Å². The Morgan fingerprint density at radius 1 is 1.16 bits per heavy atom. The molecule has 2 aliphatic rings. The Balaban J connectivity index is 1.42. The Labute approximate surface area is 150 Å². The number of aromatic nitrogens is 2. The van der Waals surface area contributed by atoms with Gasteiger partial charge < -0.3 is 14.5 Å². The highest BCUT2D eigenvalue weighted by atomic mass is 16.6. The van der Waals surface area contributed by atoms with Crippen LogP contribution in [0.4, 0.5) is 10.7 Å². The number of piperazine rings is 1. The lowest BCUT2D eigenvalue weighted by molar-refractivity contribution is 0.0285. The van der Waals surface area contributed by atoms with Crippen LogP contribution < -0.4 is 4.90 Å². The third-order valence-corrected chi connectivity index (χ3v) is 4.66. The van der Waals surface area contributed by atoms with Crippen LogP contribution in [0.3, 0.4) is 0 Å². The van der Waals surface area contributed by atoms with Gasteiger partial charge in [-0.25, -0.2) is 14.8 Å². The van der Waals surface area contributed by atoms with Gasteiger partial charge in [-0.15, -0.1) is 0 Å². The number of ether oxygens (including phenoxy) is 1. The second-order valence-electron chi connectivity index (χ2n) is 7.92. The fourth-order valence-electron chi connectivity index (χ4n) is 3.42. The summed E-state index contributed by atoms with van der Waals surface area (Å²) in [5.74, 6) is 1.35. The van der Waals surface area contributed by atoms with Gasteiger partial charge in [0.1, 0.15) is 5.60 Å². The van der Waals surface area contributed by atoms with E-state index < -0.39 is 5.60 Å². The van der Waals surface area contributed by atoms with Gasteiger partial charge in [0.25, 0.3) is 0 Å². The van der Waals surface area contributed by atoms with E-state index in [2.05, 4.69) is 19.8 Å². The van der Waals surface area contributed by atoms with E-state index in [9.17, 15) is 4.79 Å². The third-order valence-electron chi connectivity index (χ3n) is 4.66. The van der Waals surface area contributed by atoms with E-state index in [1.165, 1.54) is 0 Å². The van der Waals surface area contributed by atoms with Crippen molar-refractivity contribution in [3.8, 4) is 0 Å². The molecule has 1 aromatic rings. The summed E-state index contributed by atoms with van der Waals surface area (Å²) in [4.78, 5) is 27.4. The second kappa shape index (κ2) is 7.56. The van der Waals surface area contributed by atoms with Crippen molar-refractivity contribution in [3.63, 3.8) is 0 Å². The number of anilines is 1. The Morgan fingerprint density at radius 3 is 2.48 bits per heavy atom. The molecule has 0 aliphatic carbocycles. The summed E-state index contributed by atoms with van der Waals surface area (Å²) in [6.45, 7) is 12.3. The van der Waals surface area contributed by atoms with Crippen molar-refractivity contribution in [1.29, 1.82) is 0 Å². The minimum absolute atomic E-state index is 0.180. The molecule has 25 heavy (non-hydrogen) atoms. The maximum absolute atomic E-state index is 12.2. The molecule has 0 aromatic carbocycles. The van der Waals surface area contributed by atoms with Gasteiger partial charge in [-0.05, 0) is 39.2 Å². The van der Waals surface area contributed by atoms with Gasteiger partial charge in [-0.3, -0.25) is 4.90 Å². The van der Waals surface area contributed by atoms with Crippen LogP contribution in [0.25, 0.3) is 0 Å². The maximum Gasteiger partial charge on any atom is 0.410 e. The number of hydrogen-bond donors (Lipinski definition) is 0. The van der Waals surface area contributed by atoms with Crippen LogP contribution in [0.2, 0.25) is 0 Å². The minimum Gasteiger partial charge on any atom is -0.444 e. The first-order chi connectivity index (χ1) is 11.9. The summed E-state index contributed by atoms with van der Waals surface area (Å²) in [5.41, 5.74) is -0.426. The Bertz CT molecular complexity index is 567. The zero-order chi connectivity index (χ0) is 17.9. The molecule has 0 spiro atoms. The van der Waals surface area contributed by atoms with Crippen molar-refractivity contribution in [2.45, 2.75) is 32.8 Å². The lowest BCUT2D eigenvalue weighted by Crippen LogP contribution is -2.48. The van der Waals surface area contributed by atoms with Crippen LogP contribution in [0.1, 0.15) is 27.2 Å². The number of carbonyl (C=O) groups excluding carboxylic acids is 1. The summed E-state index contributed by atoms with van der Waals surface area (Å²) in [6.07, 6.45) is 4.46. The molecule has 2 fully saturated rings. The van der Waals surface area contributed by atoms with E-state index in [4.69, 9.17) is 4.74 Å². The highest BCUT2D eigenvalue weighted by Crippen LogP contribution is 2.21. The zero-order valence-electron chi connectivity index (χ0n) is 15.5. The molecule has 0 bridgehead atoms. The lowest BCUT2D eigenvalue weighted by Gasteiger charge is -2.35. The highest BCUT2D eigenvalue weighted by Gasteiger charge is 2.31. The van der Waals surface area contributed by atoms with Crippen LogP contribution in [0, 0.1) is 5.92 Å². The average Bonchev–Trinajstić information content (AvgIpc) is 3.04. The summed E-state index contributed by atoms with van der Waals surface area (Å²) >= 11 is 0. The van der Waals surface area contributed by atoms with Crippen molar-refractivity contribution >= 4 is 12.0 Å². The van der Waals surface area contributed by atoms with Gasteiger partial charge >= 0.3 is 6.09 Å². The van der Waals surface area contributed by atoms with E-state index >= 15 is 0 Å². The highest BCUT2D eigenvalue weighted by molar-refractivity contribution is 5.68. The number of amides is 1. The number of nitrogens with zero attached hydrogens (tertiary/aromatic N) is 5. The van der Waals surface area contributed by atoms with Gasteiger partial charge in [0.05, 0.1) is 0 Å². The Hall–Kier alpha value is -1.89. The second-order valence-corrected chi connectivity index (χ2v) is 7.92. The molecule has 7 nitrogen and oxygen atoms in total. The molecule has 0 saturated carbocycles. The normalized spacial score (nSPS) is 22.3. The Kier molecular flexibility index (Phi) is 5.42. The molecule has 1 amide bonds. The van der Waals surface area contributed by atoms with E-state index in [0.717, 1.165) is 58.2 Å². The number of carbonyl (C=O) groups is 1. The standard InChI is InChI=1S/C18H29N5O2/c1-18(2,3)25-17(24)23-8-5-15(14-23)13-21-9-11-22(12-10-21)16-19-6-4-7-20-16/h4,6-7,15H,5,8-14H2,1-3H3/t15-/m1/s1. The molecule has 138 valence electrons. The van der Waals surface area contributed by atoms with Crippen LogP contribution in [-0.2, 0) is 4.74 Å². The van der Waals surface area contributed by atoms with Gasteiger partial charge in [0.2, 0.25) is 5.95 Å². The first kappa shape index (κ1) is 17.9. The van der Waals surface area contributed by atoms with Crippen molar-refractivity contribution in [2.75, 3.05) is 50.7 Å². The zero-order valence-corrected chi connectivity index (χ0v) is 15.5. The van der Waals surface area contributed by atoms with E-state index in [1.807, 2.05) is 31.7 Å². The van der Waals surface area contributed by atoms with Crippen molar-refractivity contribution in [1.82, 2.24) is 19.8 Å². The smallest absolute Gasteiger partial charge is 0.410 e. The predicted octanol–water partition coefficient (Wildman–Crippen LogP) is 1.86. The molecule has 0 radical (unpaired) electrons. The van der Waals surface area contributed by atoms with Gasteiger partial charge in [0.15, 0.2) is 0 Å². The molecular formula is C18H29N5O2. The van der Waals surface area contributed by atoms with E-state index in [-0.39, 0.29) is 6.09 Å². The van der Waals surface area contributed by atoms with Gasteiger partial charge in [-0.2, -0.15) is 0 Å². The van der Waals surface area contributed by atoms with Crippen molar-refractivity contribution in [3.05, 3.63) is 18.5 Å². The Morgan fingerprint density at radius 2 is 1.84 bits per heavy atom. The van der Waals surface area contributed by atoms with Crippen LogP contribution in [-0.4, -0.2) is 77.3 Å². The SMILES string of the molecule is CC(C)(C)OC(=O)N1CC[C@H](CN2CCN(c3ncccn3)CC2)C1. The fraction of sp³-hybridized carbons (Fsp3) is 0.722. The quantitative estimate of drug-likeness (QED) is 0.832. The molecule has 2 aliphatic heterocycles. The van der Waals surface area contributed by atoms with Crippen molar-refractivity contribution < 1.29 is 9.53 Å². The molecule has 0 N–H and O–H groups in total.